The zero-order chi connectivity index (χ0) is 10.5. The normalized spacial score (nSPS) is 12.5. The van der Waals surface area contributed by atoms with Gasteiger partial charge in [0.1, 0.15) is 0 Å². The number of carbonyl (C=O) groups is 1. The van der Waals surface area contributed by atoms with Crippen LogP contribution >= 0.6 is 0 Å². The highest BCUT2D eigenvalue weighted by Gasteiger charge is 2.19. The van der Waals surface area contributed by atoms with E-state index in [1.807, 2.05) is 20.8 Å². The van der Waals surface area contributed by atoms with Crippen molar-refractivity contribution < 1.29 is 14.7 Å². The number of rotatable bonds is 2. The van der Waals surface area contributed by atoms with Gasteiger partial charge in [-0.3, -0.25) is 4.84 Å². The molecule has 0 aliphatic carbocycles. The second kappa shape index (κ2) is 4.81. The average molecular weight is 188 g/mol. The van der Waals surface area contributed by atoms with Crippen molar-refractivity contribution in [2.24, 2.45) is 10.6 Å². The Hall–Kier alpha value is -1.10. The molecule has 0 saturated heterocycles. The molecule has 0 aromatic rings. The summed E-state index contributed by atoms with van der Waals surface area (Å²) in [6.45, 7) is 5.39. The first kappa shape index (κ1) is 11.9. The zero-order valence-corrected chi connectivity index (χ0v) is 8.42. The van der Waals surface area contributed by atoms with Crippen molar-refractivity contribution in [3.05, 3.63) is 0 Å². The largest absolute Gasteiger partial charge is 0.433 e. The number of oxime groups is 1. The fourth-order valence-electron chi connectivity index (χ4n) is 0.545. The summed E-state index contributed by atoms with van der Waals surface area (Å²) in [6.07, 6.45) is -0.643. The maximum absolute atomic E-state index is 10.6. The summed E-state index contributed by atoms with van der Waals surface area (Å²) in [5.41, 5.74) is 0.124. The van der Waals surface area contributed by atoms with E-state index in [9.17, 15) is 4.79 Å². The molecule has 76 valence electrons. The lowest BCUT2D eigenvalue weighted by Crippen LogP contribution is -2.26. The summed E-state index contributed by atoms with van der Waals surface area (Å²) < 4.78 is 0. The van der Waals surface area contributed by atoms with Crippen molar-refractivity contribution in [2.45, 2.75) is 20.8 Å². The second-order valence-electron chi connectivity index (χ2n) is 3.57. The Morgan fingerprint density at radius 3 is 2.38 bits per heavy atom. The van der Waals surface area contributed by atoms with Crippen LogP contribution in [0.15, 0.2) is 5.16 Å². The van der Waals surface area contributed by atoms with Crippen LogP contribution in [0.25, 0.3) is 0 Å². The third-order valence-corrected chi connectivity index (χ3v) is 1.46. The third kappa shape index (κ3) is 4.47. The molecule has 0 radical (unpaired) electrons. The number of amides is 1. The molecule has 0 aromatic heterocycles. The molecule has 0 aliphatic rings. The van der Waals surface area contributed by atoms with Gasteiger partial charge in [-0.1, -0.05) is 25.9 Å². The molecule has 0 fully saturated rings. The Balaban J connectivity index is 4.33. The maximum Gasteiger partial charge on any atom is 0.433 e. The van der Waals surface area contributed by atoms with Gasteiger partial charge < -0.3 is 10.4 Å². The Morgan fingerprint density at radius 1 is 1.54 bits per heavy atom. The van der Waals surface area contributed by atoms with E-state index >= 15 is 0 Å². The van der Waals surface area contributed by atoms with Crippen LogP contribution in [0.1, 0.15) is 20.8 Å². The summed E-state index contributed by atoms with van der Waals surface area (Å²) in [6, 6.07) is 0. The average Bonchev–Trinajstić information content (AvgIpc) is 2.02. The lowest BCUT2D eigenvalue weighted by Gasteiger charge is -2.18. The van der Waals surface area contributed by atoms with E-state index in [1.54, 1.807) is 0 Å². The Bertz CT molecular complexity index is 206. The molecule has 0 unspecified atom stereocenters. The Labute approximate surface area is 77.8 Å². The summed E-state index contributed by atoms with van der Waals surface area (Å²) in [5.74, 6) is 0. The number of hydrogen-bond donors (Lipinski definition) is 2. The molecule has 0 bridgehead atoms. The van der Waals surface area contributed by atoms with Crippen LogP contribution in [0.2, 0.25) is 0 Å². The monoisotopic (exact) mass is 188 g/mol. The zero-order valence-electron chi connectivity index (χ0n) is 8.42. The quantitative estimate of drug-likeness (QED) is 0.381. The number of nitrogens with one attached hydrogen (secondary N) is 1. The number of aliphatic hydroxyl groups excluding tert-OH is 1. The molecular weight excluding hydrogens is 172 g/mol. The number of hydrogen-bond acceptors (Lipinski definition) is 4. The van der Waals surface area contributed by atoms with Gasteiger partial charge in [-0.15, -0.1) is 0 Å². The predicted molar refractivity (Wildman–Crippen MR) is 49.5 cm³/mol. The van der Waals surface area contributed by atoms with Crippen LogP contribution in [-0.2, 0) is 4.84 Å². The molecular formula is C8H16N2O3. The van der Waals surface area contributed by atoms with Crippen molar-refractivity contribution in [3.63, 3.8) is 0 Å². The molecule has 0 aliphatic heterocycles. The maximum atomic E-state index is 10.6. The van der Waals surface area contributed by atoms with E-state index in [0.29, 0.717) is 5.71 Å². The highest BCUT2D eigenvalue weighted by Crippen LogP contribution is 2.15. The van der Waals surface area contributed by atoms with Crippen LogP contribution in [0.4, 0.5) is 4.79 Å². The van der Waals surface area contributed by atoms with Crippen LogP contribution in [0.5, 0.6) is 0 Å². The molecule has 0 aromatic carbocycles. The van der Waals surface area contributed by atoms with Gasteiger partial charge in [0.2, 0.25) is 0 Å². The molecule has 5 heteroatoms. The van der Waals surface area contributed by atoms with E-state index < -0.39 is 6.09 Å². The molecule has 13 heavy (non-hydrogen) atoms. The summed E-state index contributed by atoms with van der Waals surface area (Å²) in [7, 11) is 1.44. The van der Waals surface area contributed by atoms with E-state index in [1.165, 1.54) is 7.05 Å². The lowest BCUT2D eigenvalue weighted by atomic mass is 9.91. The number of carbonyl (C=O) groups excluding carboxylic acids is 1. The lowest BCUT2D eigenvalue weighted by molar-refractivity contribution is 0.150. The third-order valence-electron chi connectivity index (χ3n) is 1.46. The fraction of sp³-hybridized carbons (Fsp3) is 0.750. The molecule has 0 heterocycles. The van der Waals surface area contributed by atoms with Crippen molar-refractivity contribution >= 4 is 11.8 Å². The first-order valence-electron chi connectivity index (χ1n) is 3.98. The molecule has 0 saturated carbocycles. The standard InChI is InChI=1S/C8H16N2O3/c1-8(2,3)6(5-11)10-13-7(12)9-4/h11H,5H2,1-4H3,(H,9,12). The van der Waals surface area contributed by atoms with E-state index in [2.05, 4.69) is 15.3 Å². The van der Waals surface area contributed by atoms with Crippen LogP contribution in [0.3, 0.4) is 0 Å². The Kier molecular flexibility index (Phi) is 4.40. The molecule has 0 rings (SSSR count). The summed E-state index contributed by atoms with van der Waals surface area (Å²) in [5, 5.41) is 14.7. The van der Waals surface area contributed by atoms with Crippen molar-refractivity contribution in [2.75, 3.05) is 13.7 Å². The minimum Gasteiger partial charge on any atom is -0.390 e. The Morgan fingerprint density at radius 2 is 2.08 bits per heavy atom. The van der Waals surface area contributed by atoms with Crippen molar-refractivity contribution in [1.29, 1.82) is 0 Å². The molecule has 0 atom stereocenters. The molecule has 5 nitrogen and oxygen atoms in total. The van der Waals surface area contributed by atoms with Gasteiger partial charge in [-0.05, 0) is 0 Å². The van der Waals surface area contributed by atoms with Crippen LogP contribution in [-0.4, -0.2) is 30.6 Å². The highest BCUT2D eigenvalue weighted by atomic mass is 16.7. The van der Waals surface area contributed by atoms with Crippen LogP contribution < -0.4 is 5.32 Å². The fourth-order valence-corrected chi connectivity index (χ4v) is 0.545. The first-order chi connectivity index (χ1) is 5.91. The van der Waals surface area contributed by atoms with Gasteiger partial charge in [0.25, 0.3) is 0 Å². The van der Waals surface area contributed by atoms with E-state index in [4.69, 9.17) is 5.11 Å². The smallest absolute Gasteiger partial charge is 0.390 e. The minimum absolute atomic E-state index is 0.222. The highest BCUT2D eigenvalue weighted by molar-refractivity contribution is 5.90. The minimum atomic E-state index is -0.643. The molecule has 2 N–H and O–H groups in total. The van der Waals surface area contributed by atoms with E-state index in [-0.39, 0.29) is 12.0 Å². The molecule has 1 amide bonds. The summed E-state index contributed by atoms with van der Waals surface area (Å²) >= 11 is 0. The van der Waals surface area contributed by atoms with Gasteiger partial charge in [0.05, 0.1) is 12.3 Å². The van der Waals surface area contributed by atoms with Gasteiger partial charge in [0.15, 0.2) is 0 Å². The topological polar surface area (TPSA) is 70.9 Å². The second-order valence-corrected chi connectivity index (χ2v) is 3.57. The predicted octanol–water partition coefficient (Wildman–Crippen LogP) is 0.737. The number of aliphatic hydroxyl groups is 1. The van der Waals surface area contributed by atoms with Gasteiger partial charge >= 0.3 is 6.09 Å². The van der Waals surface area contributed by atoms with E-state index in [0.717, 1.165) is 0 Å². The summed E-state index contributed by atoms with van der Waals surface area (Å²) in [4.78, 5) is 15.1. The van der Waals surface area contributed by atoms with Crippen molar-refractivity contribution in [1.82, 2.24) is 5.32 Å². The SMILES string of the molecule is CNC(=O)ON=C(CO)C(C)(C)C. The van der Waals surface area contributed by atoms with Gasteiger partial charge in [-0.25, -0.2) is 4.79 Å². The van der Waals surface area contributed by atoms with Gasteiger partial charge in [-0.2, -0.15) is 0 Å². The first-order valence-corrected chi connectivity index (χ1v) is 3.98. The van der Waals surface area contributed by atoms with Crippen molar-refractivity contribution in [3.8, 4) is 0 Å². The van der Waals surface area contributed by atoms with Gasteiger partial charge in [0, 0.05) is 12.5 Å². The van der Waals surface area contributed by atoms with Crippen LogP contribution in [0, 0.1) is 5.41 Å². The molecule has 0 spiro atoms. The number of nitrogens with zero attached hydrogens (tertiary/aromatic N) is 1.